The van der Waals surface area contributed by atoms with E-state index in [1.807, 2.05) is 0 Å². The summed E-state index contributed by atoms with van der Waals surface area (Å²) in [6.45, 7) is 1.73. The summed E-state index contributed by atoms with van der Waals surface area (Å²) in [4.78, 5) is 15.4. The molecule has 1 amide bonds. The Bertz CT molecular complexity index is 414. The Labute approximate surface area is 119 Å². The molecular weight excluding hydrogens is 256 g/mol. The highest BCUT2D eigenvalue weighted by Crippen LogP contribution is 2.69. The van der Waals surface area contributed by atoms with E-state index in [-0.39, 0.29) is 0 Å². The quantitative estimate of drug-likeness (QED) is 0.784. The second-order valence-electron chi connectivity index (χ2n) is 7.02. The molecule has 0 aromatic rings. The summed E-state index contributed by atoms with van der Waals surface area (Å²) in [5.74, 6) is 4.50. The Morgan fingerprint density at radius 1 is 1.05 bits per heavy atom. The van der Waals surface area contributed by atoms with Crippen molar-refractivity contribution >= 4 is 23.1 Å². The summed E-state index contributed by atoms with van der Waals surface area (Å²) in [7, 11) is 0. The van der Waals surface area contributed by atoms with Gasteiger partial charge >= 0.3 is 0 Å². The van der Waals surface area contributed by atoms with Gasteiger partial charge in [0.05, 0.1) is 4.99 Å². The summed E-state index contributed by atoms with van der Waals surface area (Å²) >= 11 is 5.06. The molecule has 19 heavy (non-hydrogen) atoms. The van der Waals surface area contributed by atoms with E-state index in [0.717, 1.165) is 49.6 Å². The van der Waals surface area contributed by atoms with E-state index in [1.54, 1.807) is 0 Å². The van der Waals surface area contributed by atoms with E-state index < -0.39 is 0 Å². The molecule has 4 rings (SSSR count). The van der Waals surface area contributed by atoms with Crippen molar-refractivity contribution in [2.24, 2.45) is 41.2 Å². The fraction of sp³-hybridized carbons (Fsp3) is 0.867. The zero-order chi connectivity index (χ0) is 13.1. The normalized spacial score (nSPS) is 44.2. The summed E-state index contributed by atoms with van der Waals surface area (Å²) in [5, 5.41) is 0. The second-order valence-corrected chi connectivity index (χ2v) is 7.49. The van der Waals surface area contributed by atoms with Crippen LogP contribution in [0.5, 0.6) is 0 Å². The van der Waals surface area contributed by atoms with Crippen LogP contribution in [0.15, 0.2) is 0 Å². The van der Waals surface area contributed by atoms with Gasteiger partial charge < -0.3 is 10.6 Å². The Kier molecular flexibility index (Phi) is 2.66. The molecule has 0 radical (unpaired) electrons. The van der Waals surface area contributed by atoms with Gasteiger partial charge in [0.15, 0.2) is 0 Å². The van der Waals surface area contributed by atoms with E-state index in [1.165, 1.54) is 19.3 Å². The standard InChI is InChI=1S/C15H22N2OS/c16-14(19)8-3-5-17(6-4-8)15(18)13-11-9-1-2-10(7-9)12(11)13/h8-13H,1-7H2,(H2,16,19). The van der Waals surface area contributed by atoms with Crippen molar-refractivity contribution in [1.82, 2.24) is 4.90 Å². The highest BCUT2D eigenvalue weighted by Gasteiger charge is 2.67. The number of nitrogens with zero attached hydrogens (tertiary/aromatic N) is 1. The van der Waals surface area contributed by atoms with Gasteiger partial charge in [0.1, 0.15) is 0 Å². The number of amides is 1. The molecule has 3 nitrogen and oxygen atoms in total. The summed E-state index contributed by atoms with van der Waals surface area (Å²) in [6.07, 6.45) is 6.13. The Balaban J connectivity index is 1.37. The molecule has 2 bridgehead atoms. The molecule has 4 heteroatoms. The molecule has 4 unspecified atom stereocenters. The van der Waals surface area contributed by atoms with E-state index >= 15 is 0 Å². The van der Waals surface area contributed by atoms with Crippen LogP contribution in [0.2, 0.25) is 0 Å². The maximum atomic E-state index is 12.6. The minimum Gasteiger partial charge on any atom is -0.393 e. The first-order valence-electron chi connectivity index (χ1n) is 7.75. The smallest absolute Gasteiger partial charge is 0.226 e. The van der Waals surface area contributed by atoms with Crippen LogP contribution in [0.1, 0.15) is 32.1 Å². The minimum atomic E-state index is 0.355. The summed E-state index contributed by atoms with van der Waals surface area (Å²) in [6, 6.07) is 0. The zero-order valence-electron chi connectivity index (χ0n) is 11.3. The number of thiocarbonyl (C=S) groups is 1. The topological polar surface area (TPSA) is 46.3 Å². The molecule has 4 atom stereocenters. The Morgan fingerprint density at radius 3 is 2.16 bits per heavy atom. The van der Waals surface area contributed by atoms with Gasteiger partial charge in [-0.25, -0.2) is 0 Å². The van der Waals surface area contributed by atoms with Crippen LogP contribution >= 0.6 is 12.2 Å². The predicted octanol–water partition coefficient (Wildman–Crippen LogP) is 1.80. The number of likely N-dealkylation sites (tertiary alicyclic amines) is 1. The maximum Gasteiger partial charge on any atom is 0.226 e. The number of fused-ring (bicyclic) bond motifs is 5. The first kappa shape index (κ1) is 12.1. The van der Waals surface area contributed by atoms with Gasteiger partial charge in [-0.1, -0.05) is 12.2 Å². The number of rotatable bonds is 2. The van der Waals surface area contributed by atoms with Gasteiger partial charge in [-0.2, -0.15) is 0 Å². The first-order chi connectivity index (χ1) is 9.16. The molecule has 3 aliphatic carbocycles. The van der Waals surface area contributed by atoms with Crippen LogP contribution in [-0.2, 0) is 4.79 Å². The van der Waals surface area contributed by atoms with Gasteiger partial charge in [0, 0.05) is 24.9 Å². The van der Waals surface area contributed by atoms with Crippen LogP contribution in [-0.4, -0.2) is 28.9 Å². The van der Waals surface area contributed by atoms with Crippen LogP contribution < -0.4 is 5.73 Å². The molecule has 0 aromatic heterocycles. The first-order valence-corrected chi connectivity index (χ1v) is 8.15. The third-order valence-corrected chi connectivity index (χ3v) is 6.56. The molecule has 4 aliphatic rings. The summed E-state index contributed by atoms with van der Waals surface area (Å²) in [5.41, 5.74) is 5.71. The lowest BCUT2D eigenvalue weighted by molar-refractivity contribution is -0.134. The van der Waals surface area contributed by atoms with Gasteiger partial charge in [0.2, 0.25) is 5.91 Å². The Morgan fingerprint density at radius 2 is 1.63 bits per heavy atom. The SMILES string of the molecule is NC(=S)C1CCN(C(=O)C2C3C4CCC(C4)C23)CC1. The molecular formula is C15H22N2OS. The fourth-order valence-corrected chi connectivity index (χ4v) is 5.49. The van der Waals surface area contributed by atoms with Crippen molar-refractivity contribution in [2.45, 2.75) is 32.1 Å². The Hall–Kier alpha value is -0.640. The molecule has 104 valence electrons. The van der Waals surface area contributed by atoms with Gasteiger partial charge in [-0.15, -0.1) is 0 Å². The van der Waals surface area contributed by atoms with Crippen molar-refractivity contribution in [1.29, 1.82) is 0 Å². The van der Waals surface area contributed by atoms with Crippen LogP contribution in [0.3, 0.4) is 0 Å². The molecule has 2 N–H and O–H groups in total. The number of carbonyl (C=O) groups is 1. The van der Waals surface area contributed by atoms with Crippen molar-refractivity contribution in [3.8, 4) is 0 Å². The maximum absolute atomic E-state index is 12.6. The monoisotopic (exact) mass is 278 g/mol. The number of hydrogen-bond acceptors (Lipinski definition) is 2. The van der Waals surface area contributed by atoms with Crippen LogP contribution in [0, 0.1) is 35.5 Å². The molecule has 1 saturated heterocycles. The summed E-state index contributed by atoms with van der Waals surface area (Å²) < 4.78 is 0. The highest BCUT2D eigenvalue weighted by atomic mass is 32.1. The third-order valence-electron chi connectivity index (χ3n) is 6.23. The predicted molar refractivity (Wildman–Crippen MR) is 77.4 cm³/mol. The van der Waals surface area contributed by atoms with E-state index in [0.29, 0.717) is 22.7 Å². The lowest BCUT2D eigenvalue weighted by atomic mass is 9.95. The van der Waals surface area contributed by atoms with E-state index in [2.05, 4.69) is 4.90 Å². The van der Waals surface area contributed by atoms with Crippen molar-refractivity contribution in [3.63, 3.8) is 0 Å². The average Bonchev–Trinajstić information content (AvgIpc) is 2.85. The number of nitrogens with two attached hydrogens (primary N) is 1. The molecule has 3 saturated carbocycles. The molecule has 1 heterocycles. The van der Waals surface area contributed by atoms with Gasteiger partial charge in [-0.05, 0) is 55.8 Å². The highest BCUT2D eigenvalue weighted by molar-refractivity contribution is 7.80. The lowest BCUT2D eigenvalue weighted by Gasteiger charge is -2.32. The largest absolute Gasteiger partial charge is 0.393 e. The second kappa shape index (κ2) is 4.18. The van der Waals surface area contributed by atoms with E-state index in [4.69, 9.17) is 18.0 Å². The number of carbonyl (C=O) groups excluding carboxylic acids is 1. The van der Waals surface area contributed by atoms with Crippen LogP contribution in [0.25, 0.3) is 0 Å². The average molecular weight is 278 g/mol. The fourth-order valence-electron chi connectivity index (χ4n) is 5.25. The van der Waals surface area contributed by atoms with Gasteiger partial charge in [0.25, 0.3) is 0 Å². The minimum absolute atomic E-state index is 0.355. The molecule has 0 aromatic carbocycles. The molecule has 0 spiro atoms. The molecule has 1 aliphatic heterocycles. The zero-order valence-corrected chi connectivity index (χ0v) is 12.1. The van der Waals surface area contributed by atoms with Crippen molar-refractivity contribution in [2.75, 3.05) is 13.1 Å². The van der Waals surface area contributed by atoms with E-state index in [9.17, 15) is 4.79 Å². The van der Waals surface area contributed by atoms with Crippen molar-refractivity contribution in [3.05, 3.63) is 0 Å². The van der Waals surface area contributed by atoms with Crippen molar-refractivity contribution < 1.29 is 4.79 Å². The van der Waals surface area contributed by atoms with Gasteiger partial charge in [-0.3, -0.25) is 4.79 Å². The van der Waals surface area contributed by atoms with Crippen LogP contribution in [0.4, 0.5) is 0 Å². The lowest BCUT2D eigenvalue weighted by Crippen LogP contribution is -2.42. The number of hydrogen-bond donors (Lipinski definition) is 1. The number of piperidine rings is 1. The third kappa shape index (κ3) is 1.75. The molecule has 4 fully saturated rings.